The van der Waals surface area contributed by atoms with Gasteiger partial charge in [-0.15, -0.1) is 0 Å². The number of anilines is 1. The summed E-state index contributed by atoms with van der Waals surface area (Å²) in [5.74, 6) is 1.02. The van der Waals surface area contributed by atoms with Crippen molar-refractivity contribution in [3.8, 4) is 0 Å². The lowest BCUT2D eigenvalue weighted by Gasteiger charge is -2.40. The van der Waals surface area contributed by atoms with Crippen molar-refractivity contribution in [2.45, 2.75) is 89.8 Å². The zero-order valence-electron chi connectivity index (χ0n) is 18.9. The normalized spacial score (nSPS) is 21.9. The van der Waals surface area contributed by atoms with Crippen LogP contribution in [0.15, 0.2) is 36.5 Å². The van der Waals surface area contributed by atoms with Crippen LogP contribution in [0.5, 0.6) is 0 Å². The van der Waals surface area contributed by atoms with Gasteiger partial charge in [0.05, 0.1) is 17.8 Å². The minimum Gasteiger partial charge on any atom is -0.363 e. The lowest BCUT2D eigenvalue weighted by atomic mass is 9.85. The second kappa shape index (κ2) is 8.09. The topological polar surface area (TPSA) is 50.2 Å². The molecule has 5 nitrogen and oxygen atoms in total. The van der Waals surface area contributed by atoms with E-state index in [2.05, 4.69) is 67.3 Å². The molecule has 5 heteroatoms. The number of carbonyl (C=O) groups excluding carboxylic acids is 1. The molecule has 2 aromatic rings. The van der Waals surface area contributed by atoms with E-state index in [1.807, 2.05) is 10.7 Å². The highest BCUT2D eigenvalue weighted by atomic mass is 16.2. The molecule has 30 heavy (non-hydrogen) atoms. The van der Waals surface area contributed by atoms with Gasteiger partial charge >= 0.3 is 0 Å². The molecule has 1 amide bonds. The number of nitrogens with one attached hydrogen (secondary N) is 1. The zero-order chi connectivity index (χ0) is 21.4. The van der Waals surface area contributed by atoms with Crippen LogP contribution in [0, 0.1) is 0 Å². The summed E-state index contributed by atoms with van der Waals surface area (Å²) in [6, 6.07) is 10.7. The summed E-state index contributed by atoms with van der Waals surface area (Å²) in [7, 11) is 0. The van der Waals surface area contributed by atoms with E-state index in [0.717, 1.165) is 62.9 Å². The minimum absolute atomic E-state index is 0.0123. The third-order valence-electron chi connectivity index (χ3n) is 7.06. The quantitative estimate of drug-likeness (QED) is 0.662. The van der Waals surface area contributed by atoms with Crippen LogP contribution in [-0.4, -0.2) is 32.7 Å². The summed E-state index contributed by atoms with van der Waals surface area (Å²) in [6.45, 7) is 9.74. The molecule has 0 spiro atoms. The number of aromatic nitrogens is 2. The van der Waals surface area contributed by atoms with Crippen molar-refractivity contribution in [1.82, 2.24) is 14.7 Å². The van der Waals surface area contributed by atoms with Crippen molar-refractivity contribution in [2.75, 3.05) is 11.9 Å². The number of carbonyl (C=O) groups is 1. The van der Waals surface area contributed by atoms with E-state index >= 15 is 0 Å². The molecule has 3 heterocycles. The highest BCUT2D eigenvalue weighted by molar-refractivity contribution is 5.99. The molecule has 1 unspecified atom stereocenters. The largest absolute Gasteiger partial charge is 0.363 e. The lowest BCUT2D eigenvalue weighted by molar-refractivity contribution is 0.0550. The molecular formula is C25H36N4O. The summed E-state index contributed by atoms with van der Waals surface area (Å²) in [5.41, 5.74) is 1.83. The third kappa shape index (κ3) is 3.52. The van der Waals surface area contributed by atoms with Gasteiger partial charge in [-0.25, -0.2) is 4.68 Å². The van der Waals surface area contributed by atoms with E-state index in [0.29, 0.717) is 0 Å². The van der Waals surface area contributed by atoms with Crippen LogP contribution in [0.1, 0.15) is 94.6 Å². The number of hydrogen-bond donors (Lipinski definition) is 1. The van der Waals surface area contributed by atoms with Crippen LogP contribution >= 0.6 is 0 Å². The van der Waals surface area contributed by atoms with E-state index in [1.165, 1.54) is 5.56 Å². The molecule has 1 fully saturated rings. The van der Waals surface area contributed by atoms with E-state index < -0.39 is 0 Å². The van der Waals surface area contributed by atoms with E-state index in [-0.39, 0.29) is 23.0 Å². The Morgan fingerprint density at radius 3 is 2.53 bits per heavy atom. The van der Waals surface area contributed by atoms with Gasteiger partial charge in [0.2, 0.25) is 0 Å². The Bertz CT molecular complexity index is 880. The number of rotatable bonds is 6. The van der Waals surface area contributed by atoms with Gasteiger partial charge in [0.15, 0.2) is 0 Å². The molecule has 1 saturated heterocycles. The van der Waals surface area contributed by atoms with Crippen molar-refractivity contribution < 1.29 is 4.79 Å². The summed E-state index contributed by atoms with van der Waals surface area (Å²) < 4.78 is 2.02. The molecule has 1 atom stereocenters. The van der Waals surface area contributed by atoms with Crippen LogP contribution in [-0.2, 0) is 5.54 Å². The highest BCUT2D eigenvalue weighted by Crippen LogP contribution is 2.43. The number of fused-ring (bicyclic) bond motifs is 1. The molecular weight excluding hydrogens is 372 g/mol. The summed E-state index contributed by atoms with van der Waals surface area (Å²) in [4.78, 5) is 16.0. The van der Waals surface area contributed by atoms with Gasteiger partial charge in [0.25, 0.3) is 5.91 Å². The fraction of sp³-hybridized carbons (Fsp3) is 0.600. The number of likely N-dealkylation sites (tertiary alicyclic amines) is 1. The highest BCUT2D eigenvalue weighted by Gasteiger charge is 2.44. The first kappa shape index (κ1) is 21.0. The molecule has 162 valence electrons. The SMILES string of the molecule is CCCC1(CCC)CCCN1C(=O)c1cnn2c1NC(c1ccccc1)CC2(C)C. The smallest absolute Gasteiger partial charge is 0.259 e. The standard InChI is InChI=1S/C25H36N4O/c1-5-13-25(14-6-2)15-10-16-28(25)23(30)20-18-26-29-22(20)27-21(17-24(29,3)4)19-11-8-7-9-12-19/h7-9,11-12,18,21,27H,5-6,10,13-17H2,1-4H3. The molecule has 1 aromatic heterocycles. The molecule has 2 aliphatic rings. The van der Waals surface area contributed by atoms with Crippen LogP contribution < -0.4 is 5.32 Å². The second-order valence-electron chi connectivity index (χ2n) is 9.73. The van der Waals surface area contributed by atoms with Gasteiger partial charge in [-0.1, -0.05) is 57.0 Å². The Hall–Kier alpha value is -2.30. The zero-order valence-corrected chi connectivity index (χ0v) is 18.9. The summed E-state index contributed by atoms with van der Waals surface area (Å²) in [5, 5.41) is 8.34. The van der Waals surface area contributed by atoms with Crippen LogP contribution in [0.3, 0.4) is 0 Å². The molecule has 2 aliphatic heterocycles. The average molecular weight is 409 g/mol. The van der Waals surface area contributed by atoms with Crippen molar-refractivity contribution in [1.29, 1.82) is 0 Å². The number of benzene rings is 1. The Balaban J connectivity index is 1.69. The summed E-state index contributed by atoms with van der Waals surface area (Å²) >= 11 is 0. The van der Waals surface area contributed by atoms with Crippen molar-refractivity contribution in [2.24, 2.45) is 0 Å². The monoisotopic (exact) mass is 408 g/mol. The van der Waals surface area contributed by atoms with Crippen molar-refractivity contribution in [3.63, 3.8) is 0 Å². The van der Waals surface area contributed by atoms with Gasteiger partial charge in [0, 0.05) is 12.1 Å². The molecule has 0 bridgehead atoms. The maximum atomic E-state index is 13.8. The van der Waals surface area contributed by atoms with Crippen LogP contribution in [0.25, 0.3) is 0 Å². The van der Waals surface area contributed by atoms with E-state index in [1.54, 1.807) is 6.20 Å². The van der Waals surface area contributed by atoms with Gasteiger partial charge in [-0.05, 0) is 51.5 Å². The molecule has 1 aromatic carbocycles. The Morgan fingerprint density at radius 2 is 1.87 bits per heavy atom. The van der Waals surface area contributed by atoms with E-state index in [4.69, 9.17) is 0 Å². The van der Waals surface area contributed by atoms with Gasteiger partial charge in [-0.3, -0.25) is 4.79 Å². The number of hydrogen-bond acceptors (Lipinski definition) is 3. The van der Waals surface area contributed by atoms with Gasteiger partial charge in [0.1, 0.15) is 11.4 Å². The fourth-order valence-electron chi connectivity index (χ4n) is 5.77. The number of nitrogens with zero attached hydrogens (tertiary/aromatic N) is 3. The summed E-state index contributed by atoms with van der Waals surface area (Å²) in [6.07, 6.45) is 9.33. The molecule has 1 N–H and O–H groups in total. The Kier molecular flexibility index (Phi) is 5.65. The Morgan fingerprint density at radius 1 is 1.17 bits per heavy atom. The van der Waals surface area contributed by atoms with Gasteiger partial charge in [-0.2, -0.15) is 5.10 Å². The van der Waals surface area contributed by atoms with Gasteiger partial charge < -0.3 is 10.2 Å². The maximum Gasteiger partial charge on any atom is 0.259 e. The maximum absolute atomic E-state index is 13.8. The Labute approximate surface area is 180 Å². The minimum atomic E-state index is -0.158. The molecule has 4 rings (SSSR count). The van der Waals surface area contributed by atoms with Crippen molar-refractivity contribution >= 4 is 11.7 Å². The van der Waals surface area contributed by atoms with Crippen LogP contribution in [0.4, 0.5) is 5.82 Å². The van der Waals surface area contributed by atoms with E-state index in [9.17, 15) is 4.79 Å². The fourth-order valence-corrected chi connectivity index (χ4v) is 5.77. The first-order chi connectivity index (χ1) is 14.4. The number of amides is 1. The lowest BCUT2D eigenvalue weighted by Crippen LogP contribution is -2.47. The average Bonchev–Trinajstić information content (AvgIpc) is 3.33. The third-order valence-corrected chi connectivity index (χ3v) is 7.06. The van der Waals surface area contributed by atoms with Crippen molar-refractivity contribution in [3.05, 3.63) is 47.7 Å². The predicted octanol–water partition coefficient (Wildman–Crippen LogP) is 5.75. The van der Waals surface area contributed by atoms with Crippen LogP contribution in [0.2, 0.25) is 0 Å². The second-order valence-corrected chi connectivity index (χ2v) is 9.73. The molecule has 0 radical (unpaired) electrons. The first-order valence-corrected chi connectivity index (χ1v) is 11.6. The molecule has 0 aliphatic carbocycles. The predicted molar refractivity (Wildman–Crippen MR) is 122 cm³/mol. The first-order valence-electron chi connectivity index (χ1n) is 11.6. The molecule has 0 saturated carbocycles.